The maximum Gasteiger partial charge on any atom is 0.251 e. The molecule has 0 aliphatic heterocycles. The van der Waals surface area contributed by atoms with E-state index in [-0.39, 0.29) is 11.6 Å². The van der Waals surface area contributed by atoms with E-state index in [1.165, 1.54) is 27.5 Å². The second kappa shape index (κ2) is 5.63. The van der Waals surface area contributed by atoms with Crippen molar-refractivity contribution in [2.75, 3.05) is 5.32 Å². The lowest BCUT2D eigenvalue weighted by atomic mass is 10.1. The summed E-state index contributed by atoms with van der Waals surface area (Å²) >= 11 is 1.74. The molecule has 3 nitrogen and oxygen atoms in total. The third-order valence-corrected chi connectivity index (χ3v) is 4.14. The SMILES string of the molecule is Cc1cc(C(C)Nc2ccc(F)c(C(N)=O)c2)c(C)s1. The van der Waals surface area contributed by atoms with Crippen molar-refractivity contribution in [2.45, 2.75) is 26.8 Å². The van der Waals surface area contributed by atoms with Crippen molar-refractivity contribution in [3.63, 3.8) is 0 Å². The molecule has 1 unspecified atom stereocenters. The molecule has 1 amide bonds. The fraction of sp³-hybridized carbons (Fsp3) is 0.267. The molecule has 3 N–H and O–H groups in total. The Bertz CT molecular complexity index is 651. The van der Waals surface area contributed by atoms with Gasteiger partial charge in [0.05, 0.1) is 5.56 Å². The van der Waals surface area contributed by atoms with Gasteiger partial charge in [0, 0.05) is 21.5 Å². The van der Waals surface area contributed by atoms with Gasteiger partial charge in [0.25, 0.3) is 5.91 Å². The van der Waals surface area contributed by atoms with Crippen molar-refractivity contribution in [2.24, 2.45) is 5.73 Å². The van der Waals surface area contributed by atoms with Crippen LogP contribution >= 0.6 is 11.3 Å². The van der Waals surface area contributed by atoms with Crippen LogP contribution in [0, 0.1) is 19.7 Å². The van der Waals surface area contributed by atoms with Crippen molar-refractivity contribution in [1.29, 1.82) is 0 Å². The minimum absolute atomic E-state index is 0.0751. The van der Waals surface area contributed by atoms with E-state index >= 15 is 0 Å². The highest BCUT2D eigenvalue weighted by Crippen LogP contribution is 2.29. The van der Waals surface area contributed by atoms with Gasteiger partial charge in [-0.3, -0.25) is 4.79 Å². The van der Waals surface area contributed by atoms with Gasteiger partial charge >= 0.3 is 0 Å². The topological polar surface area (TPSA) is 55.1 Å². The summed E-state index contributed by atoms with van der Waals surface area (Å²) in [6.45, 7) is 6.17. The van der Waals surface area contributed by atoms with Gasteiger partial charge < -0.3 is 11.1 Å². The molecule has 20 heavy (non-hydrogen) atoms. The molecule has 0 spiro atoms. The van der Waals surface area contributed by atoms with Gasteiger partial charge in [-0.25, -0.2) is 4.39 Å². The van der Waals surface area contributed by atoms with Gasteiger partial charge in [0.15, 0.2) is 0 Å². The highest BCUT2D eigenvalue weighted by molar-refractivity contribution is 7.12. The summed E-state index contributed by atoms with van der Waals surface area (Å²) in [6.07, 6.45) is 0. The first-order valence-corrected chi connectivity index (χ1v) is 7.13. The fourth-order valence-electron chi connectivity index (χ4n) is 2.21. The number of rotatable bonds is 4. The summed E-state index contributed by atoms with van der Waals surface area (Å²) in [5.74, 6) is -1.36. The number of nitrogens with one attached hydrogen (secondary N) is 1. The summed E-state index contributed by atoms with van der Waals surface area (Å²) in [6, 6.07) is 6.51. The number of carbonyl (C=O) groups is 1. The molecule has 0 bridgehead atoms. The van der Waals surface area contributed by atoms with Crippen molar-refractivity contribution in [3.8, 4) is 0 Å². The number of aryl methyl sites for hydroxylation is 2. The summed E-state index contributed by atoms with van der Waals surface area (Å²) in [5.41, 5.74) is 6.93. The van der Waals surface area contributed by atoms with Gasteiger partial charge in [0.1, 0.15) is 5.82 Å². The zero-order valence-corrected chi connectivity index (χ0v) is 12.5. The number of carbonyl (C=O) groups excluding carboxylic acids is 1. The van der Waals surface area contributed by atoms with Crippen LogP contribution in [0.1, 0.15) is 38.6 Å². The Kier molecular flexibility index (Phi) is 4.09. The molecule has 1 aromatic heterocycles. The van der Waals surface area contributed by atoms with Crippen molar-refractivity contribution in [1.82, 2.24) is 0 Å². The number of thiophene rings is 1. The maximum atomic E-state index is 13.4. The lowest BCUT2D eigenvalue weighted by Crippen LogP contribution is -2.14. The molecule has 0 saturated heterocycles. The molecule has 0 saturated carbocycles. The van der Waals surface area contributed by atoms with E-state index in [1.54, 1.807) is 17.4 Å². The minimum Gasteiger partial charge on any atom is -0.378 e. The van der Waals surface area contributed by atoms with E-state index in [0.29, 0.717) is 5.69 Å². The van der Waals surface area contributed by atoms with Crippen LogP contribution in [-0.2, 0) is 0 Å². The Labute approximate surface area is 121 Å². The third-order valence-electron chi connectivity index (χ3n) is 3.16. The Morgan fingerprint density at radius 3 is 2.60 bits per heavy atom. The Hall–Kier alpha value is -1.88. The lowest BCUT2D eigenvalue weighted by molar-refractivity contribution is 0.0996. The number of nitrogens with two attached hydrogens (primary N) is 1. The van der Waals surface area contributed by atoms with Crippen molar-refractivity contribution < 1.29 is 9.18 Å². The van der Waals surface area contributed by atoms with Gasteiger partial charge in [-0.2, -0.15) is 0 Å². The molecule has 0 radical (unpaired) electrons. The normalized spacial score (nSPS) is 12.2. The first-order chi connectivity index (χ1) is 9.38. The Morgan fingerprint density at radius 1 is 1.35 bits per heavy atom. The molecule has 2 rings (SSSR count). The molecular formula is C15H17FN2OS. The van der Waals surface area contributed by atoms with Gasteiger partial charge in [-0.05, 0) is 50.6 Å². The summed E-state index contributed by atoms with van der Waals surface area (Å²) in [4.78, 5) is 13.6. The maximum absolute atomic E-state index is 13.4. The zero-order chi connectivity index (χ0) is 14.9. The molecule has 2 aromatic rings. The summed E-state index contributed by atoms with van der Waals surface area (Å²) in [5, 5.41) is 3.27. The van der Waals surface area contributed by atoms with E-state index in [4.69, 9.17) is 5.73 Å². The monoisotopic (exact) mass is 292 g/mol. The third kappa shape index (κ3) is 2.99. The first-order valence-electron chi connectivity index (χ1n) is 6.31. The molecule has 0 fully saturated rings. The van der Waals surface area contributed by atoms with E-state index in [2.05, 4.69) is 25.2 Å². The number of amides is 1. The van der Waals surface area contributed by atoms with Crippen molar-refractivity contribution >= 4 is 22.9 Å². The molecule has 0 aliphatic carbocycles. The number of halogens is 1. The number of hydrogen-bond donors (Lipinski definition) is 2. The van der Waals surface area contributed by atoms with Crippen LogP contribution < -0.4 is 11.1 Å². The van der Waals surface area contributed by atoms with Gasteiger partial charge in [0.2, 0.25) is 0 Å². The second-order valence-corrected chi connectivity index (χ2v) is 6.25. The zero-order valence-electron chi connectivity index (χ0n) is 11.7. The number of primary amides is 1. The predicted molar refractivity (Wildman–Crippen MR) is 80.7 cm³/mol. The Morgan fingerprint density at radius 2 is 2.05 bits per heavy atom. The highest BCUT2D eigenvalue weighted by Gasteiger charge is 2.13. The molecule has 1 atom stereocenters. The van der Waals surface area contributed by atoms with Crippen LogP contribution in [-0.4, -0.2) is 5.91 Å². The number of hydrogen-bond acceptors (Lipinski definition) is 3. The summed E-state index contributed by atoms with van der Waals surface area (Å²) in [7, 11) is 0. The number of benzene rings is 1. The first kappa shape index (κ1) is 14.5. The largest absolute Gasteiger partial charge is 0.378 e. The van der Waals surface area contributed by atoms with Crippen LogP contribution in [0.15, 0.2) is 24.3 Å². The Balaban J connectivity index is 2.24. The standard InChI is InChI=1S/C15H17FN2OS/c1-8-6-12(10(3)20-8)9(2)18-11-4-5-14(16)13(7-11)15(17)19/h4-7,9,18H,1-3H3,(H2,17,19). The highest BCUT2D eigenvalue weighted by atomic mass is 32.1. The van der Waals surface area contributed by atoms with Crippen molar-refractivity contribution in [3.05, 3.63) is 51.0 Å². The molecular weight excluding hydrogens is 275 g/mol. The number of anilines is 1. The van der Waals surface area contributed by atoms with Crippen LogP contribution in [0.25, 0.3) is 0 Å². The predicted octanol–water partition coefficient (Wildman–Crippen LogP) is 3.78. The summed E-state index contributed by atoms with van der Waals surface area (Å²) < 4.78 is 13.4. The van der Waals surface area contributed by atoms with Crippen LogP contribution in [0.4, 0.5) is 10.1 Å². The molecule has 5 heteroatoms. The average molecular weight is 292 g/mol. The van der Waals surface area contributed by atoms with Crippen LogP contribution in [0.3, 0.4) is 0 Å². The molecule has 0 aliphatic rings. The fourth-order valence-corrected chi connectivity index (χ4v) is 3.23. The minimum atomic E-state index is -0.763. The lowest BCUT2D eigenvalue weighted by Gasteiger charge is -2.16. The molecule has 1 heterocycles. The molecule has 1 aromatic carbocycles. The molecule has 106 valence electrons. The van der Waals surface area contributed by atoms with Crippen LogP contribution in [0.5, 0.6) is 0 Å². The van der Waals surface area contributed by atoms with Gasteiger partial charge in [-0.15, -0.1) is 11.3 Å². The van der Waals surface area contributed by atoms with E-state index < -0.39 is 11.7 Å². The van der Waals surface area contributed by atoms with E-state index in [0.717, 1.165) is 0 Å². The van der Waals surface area contributed by atoms with E-state index in [9.17, 15) is 9.18 Å². The van der Waals surface area contributed by atoms with E-state index in [1.807, 2.05) is 6.92 Å². The van der Waals surface area contributed by atoms with Gasteiger partial charge in [-0.1, -0.05) is 0 Å². The van der Waals surface area contributed by atoms with Crippen LogP contribution in [0.2, 0.25) is 0 Å². The average Bonchev–Trinajstić information content (AvgIpc) is 2.70. The second-order valence-electron chi connectivity index (χ2n) is 4.79. The smallest absolute Gasteiger partial charge is 0.251 e. The quantitative estimate of drug-likeness (QED) is 0.901.